The zero-order valence-electron chi connectivity index (χ0n) is 19.8. The number of piperazine rings is 1. The Kier molecular flexibility index (Phi) is 5.93. The third-order valence-corrected chi connectivity index (χ3v) is 6.36. The Morgan fingerprint density at radius 1 is 1.17 bits per heavy atom. The van der Waals surface area contributed by atoms with Crippen LogP contribution in [0.2, 0.25) is 5.02 Å². The van der Waals surface area contributed by atoms with E-state index in [-0.39, 0.29) is 40.3 Å². The summed E-state index contributed by atoms with van der Waals surface area (Å²) in [4.78, 5) is 25.0. The lowest BCUT2D eigenvalue weighted by Gasteiger charge is -2.40. The minimum absolute atomic E-state index is 0.0780. The fraction of sp³-hybridized carbons (Fsp3) is 0.458. The normalized spacial score (nSPS) is 20.2. The smallest absolute Gasteiger partial charge is 0.444 e. The molecular weight excluding hydrogens is 501 g/mol. The van der Waals surface area contributed by atoms with Crippen LogP contribution in [-0.4, -0.2) is 58.1 Å². The molecule has 2 atom stereocenters. The molecule has 1 aromatic carbocycles. The number of anilines is 1. The number of aromatic nitrogens is 2. The first kappa shape index (κ1) is 24.5. The van der Waals surface area contributed by atoms with Gasteiger partial charge in [0.05, 0.1) is 22.8 Å². The molecule has 12 heteroatoms. The number of fused-ring (bicyclic) bond motifs is 3. The number of alkyl halides is 3. The molecule has 5 rings (SSSR count). The third kappa shape index (κ3) is 4.76. The predicted octanol–water partition coefficient (Wildman–Crippen LogP) is 6.03. The standard InChI is InChI=1S/C24H24ClF3N4O4/c1-23(2,3)36-22(33)32-13-7-8-14(32)12-31(11-13)21-30-18-19(34-21)15(17-6-4-5-9-29-17)10-16(25)20(18)35-24(26,27)28/h4-6,9-10,13-14H,7-8,11-12H2,1-3H3. The first-order valence-corrected chi connectivity index (χ1v) is 11.8. The monoisotopic (exact) mass is 524 g/mol. The van der Waals surface area contributed by atoms with Crippen molar-refractivity contribution in [3.05, 3.63) is 35.5 Å². The summed E-state index contributed by atoms with van der Waals surface area (Å²) in [6.07, 6.45) is -2.25. The molecule has 3 aromatic rings. The number of oxazole rings is 1. The molecule has 2 fully saturated rings. The molecule has 1 amide bonds. The zero-order chi connectivity index (χ0) is 25.8. The molecule has 2 aliphatic rings. The highest BCUT2D eigenvalue weighted by Gasteiger charge is 2.45. The van der Waals surface area contributed by atoms with Crippen LogP contribution in [0.25, 0.3) is 22.4 Å². The van der Waals surface area contributed by atoms with E-state index in [9.17, 15) is 18.0 Å². The molecule has 4 heterocycles. The number of amides is 1. The van der Waals surface area contributed by atoms with E-state index >= 15 is 0 Å². The fourth-order valence-corrected chi connectivity index (χ4v) is 4.99. The number of carbonyl (C=O) groups is 1. The Morgan fingerprint density at radius 3 is 2.44 bits per heavy atom. The van der Waals surface area contributed by atoms with Crippen LogP contribution < -0.4 is 9.64 Å². The van der Waals surface area contributed by atoms with Crippen LogP contribution >= 0.6 is 11.6 Å². The summed E-state index contributed by atoms with van der Waals surface area (Å²) < 4.78 is 55.3. The van der Waals surface area contributed by atoms with Crippen molar-refractivity contribution < 1.29 is 31.9 Å². The van der Waals surface area contributed by atoms with Crippen molar-refractivity contribution in [3.63, 3.8) is 0 Å². The van der Waals surface area contributed by atoms with Gasteiger partial charge < -0.3 is 18.8 Å². The zero-order valence-corrected chi connectivity index (χ0v) is 20.6. The number of hydrogen-bond donors (Lipinski definition) is 0. The summed E-state index contributed by atoms with van der Waals surface area (Å²) in [6, 6.07) is 6.32. The third-order valence-electron chi connectivity index (χ3n) is 6.08. The molecule has 2 saturated heterocycles. The maximum atomic E-state index is 13.2. The van der Waals surface area contributed by atoms with E-state index in [0.717, 1.165) is 12.8 Å². The number of nitrogens with zero attached hydrogens (tertiary/aromatic N) is 4. The van der Waals surface area contributed by atoms with Crippen molar-refractivity contribution in [2.24, 2.45) is 0 Å². The van der Waals surface area contributed by atoms with Crippen molar-refractivity contribution in [2.45, 2.75) is 57.7 Å². The lowest BCUT2D eigenvalue weighted by atomic mass is 10.1. The second-order valence-corrected chi connectivity index (χ2v) is 10.3. The highest BCUT2D eigenvalue weighted by molar-refractivity contribution is 6.33. The molecule has 8 nitrogen and oxygen atoms in total. The molecule has 0 saturated carbocycles. The number of benzene rings is 1. The molecule has 2 aromatic heterocycles. The van der Waals surface area contributed by atoms with Gasteiger partial charge in [0.25, 0.3) is 6.01 Å². The molecule has 0 radical (unpaired) electrons. The second kappa shape index (κ2) is 8.72. The van der Waals surface area contributed by atoms with Crippen LogP contribution in [-0.2, 0) is 4.74 Å². The average Bonchev–Trinajstić information content (AvgIpc) is 3.33. The summed E-state index contributed by atoms with van der Waals surface area (Å²) in [6.45, 7) is 6.22. The van der Waals surface area contributed by atoms with Crippen LogP contribution in [0.5, 0.6) is 5.75 Å². The Labute approximate surface area is 209 Å². The van der Waals surface area contributed by atoms with Crippen molar-refractivity contribution in [2.75, 3.05) is 18.0 Å². The van der Waals surface area contributed by atoms with Gasteiger partial charge in [0, 0.05) is 24.8 Å². The quantitative estimate of drug-likeness (QED) is 0.414. The number of carbonyl (C=O) groups excluding carboxylic acids is 1. The predicted molar refractivity (Wildman–Crippen MR) is 126 cm³/mol. The van der Waals surface area contributed by atoms with Gasteiger partial charge in [-0.05, 0) is 51.8 Å². The van der Waals surface area contributed by atoms with Gasteiger partial charge in [-0.15, -0.1) is 13.2 Å². The number of rotatable bonds is 3. The minimum atomic E-state index is -4.97. The summed E-state index contributed by atoms with van der Waals surface area (Å²) in [5.41, 5.74) is 0.149. The van der Waals surface area contributed by atoms with Crippen LogP contribution in [0, 0.1) is 0 Å². The van der Waals surface area contributed by atoms with Gasteiger partial charge in [-0.3, -0.25) is 9.88 Å². The van der Waals surface area contributed by atoms with Gasteiger partial charge in [0.2, 0.25) is 0 Å². The Balaban J connectivity index is 1.52. The van der Waals surface area contributed by atoms with E-state index in [0.29, 0.717) is 24.3 Å². The number of halogens is 4. The van der Waals surface area contributed by atoms with Crippen molar-refractivity contribution in [3.8, 4) is 17.0 Å². The van der Waals surface area contributed by atoms with E-state index in [4.69, 9.17) is 20.8 Å². The van der Waals surface area contributed by atoms with Crippen molar-refractivity contribution in [1.82, 2.24) is 14.9 Å². The summed E-state index contributed by atoms with van der Waals surface area (Å²) in [7, 11) is 0. The summed E-state index contributed by atoms with van der Waals surface area (Å²) >= 11 is 6.22. The van der Waals surface area contributed by atoms with Crippen LogP contribution in [0.15, 0.2) is 34.9 Å². The Hall–Kier alpha value is -3.21. The largest absolute Gasteiger partial charge is 0.573 e. The molecular formula is C24H24ClF3N4O4. The van der Waals surface area contributed by atoms with Gasteiger partial charge in [0.1, 0.15) is 5.60 Å². The van der Waals surface area contributed by atoms with Crippen LogP contribution in [0.4, 0.5) is 24.0 Å². The lowest BCUT2D eigenvalue weighted by molar-refractivity contribution is -0.274. The lowest BCUT2D eigenvalue weighted by Crippen LogP contribution is -2.56. The Bertz CT molecular complexity index is 1280. The van der Waals surface area contributed by atoms with Crippen LogP contribution in [0.1, 0.15) is 33.6 Å². The van der Waals surface area contributed by atoms with Crippen molar-refractivity contribution in [1.29, 1.82) is 0 Å². The van der Waals surface area contributed by atoms with Gasteiger partial charge in [-0.25, -0.2) is 4.79 Å². The number of hydrogen-bond acceptors (Lipinski definition) is 7. The van der Waals surface area contributed by atoms with Crippen molar-refractivity contribution >= 4 is 34.8 Å². The molecule has 0 aliphatic carbocycles. The molecule has 2 bridgehead atoms. The maximum absolute atomic E-state index is 13.2. The van der Waals surface area contributed by atoms with Gasteiger partial charge in [-0.2, -0.15) is 4.98 Å². The second-order valence-electron chi connectivity index (χ2n) is 9.85. The van der Waals surface area contributed by atoms with E-state index < -0.39 is 17.7 Å². The van der Waals surface area contributed by atoms with E-state index in [2.05, 4.69) is 14.7 Å². The summed E-state index contributed by atoms with van der Waals surface area (Å²) in [5.74, 6) is -0.635. The fourth-order valence-electron chi connectivity index (χ4n) is 4.75. The van der Waals surface area contributed by atoms with Gasteiger partial charge in [-0.1, -0.05) is 17.7 Å². The SMILES string of the molecule is CC(C)(C)OC(=O)N1C2CCC1CN(c1nc3c(OC(F)(F)F)c(Cl)cc(-c4ccccn4)c3o1)C2. The summed E-state index contributed by atoms with van der Waals surface area (Å²) in [5, 5.41) is -0.268. The highest BCUT2D eigenvalue weighted by atomic mass is 35.5. The molecule has 2 aliphatic heterocycles. The van der Waals surface area contributed by atoms with Gasteiger partial charge in [0.15, 0.2) is 16.8 Å². The molecule has 0 N–H and O–H groups in total. The average molecular weight is 525 g/mol. The van der Waals surface area contributed by atoms with Crippen LogP contribution in [0.3, 0.4) is 0 Å². The highest BCUT2D eigenvalue weighted by Crippen LogP contribution is 2.44. The van der Waals surface area contributed by atoms with E-state index in [1.165, 1.54) is 6.07 Å². The minimum Gasteiger partial charge on any atom is -0.444 e. The topological polar surface area (TPSA) is 80.9 Å². The maximum Gasteiger partial charge on any atom is 0.573 e. The first-order chi connectivity index (χ1) is 16.9. The molecule has 36 heavy (non-hydrogen) atoms. The van der Waals surface area contributed by atoms with E-state index in [1.807, 2.05) is 25.7 Å². The molecule has 192 valence electrons. The number of ether oxygens (including phenoxy) is 2. The molecule has 0 spiro atoms. The van der Waals surface area contributed by atoms with E-state index in [1.54, 1.807) is 29.3 Å². The Morgan fingerprint density at radius 2 is 1.86 bits per heavy atom. The molecule has 2 unspecified atom stereocenters. The number of pyridine rings is 1. The van der Waals surface area contributed by atoms with Gasteiger partial charge >= 0.3 is 12.5 Å². The first-order valence-electron chi connectivity index (χ1n) is 11.5.